The van der Waals surface area contributed by atoms with E-state index >= 15 is 0 Å². The lowest BCUT2D eigenvalue weighted by Gasteiger charge is -2.11. The minimum atomic E-state index is -1.09. The van der Waals surface area contributed by atoms with Gasteiger partial charge >= 0.3 is 0 Å². The van der Waals surface area contributed by atoms with Gasteiger partial charge in [0.15, 0.2) is 0 Å². The lowest BCUT2D eigenvalue weighted by Crippen LogP contribution is -2.05. The number of hydrogen-bond donors (Lipinski definition) is 1. The summed E-state index contributed by atoms with van der Waals surface area (Å²) in [6, 6.07) is 11.9. The molecular formula is C15H11FN2O. The maximum Gasteiger partial charge on any atom is 0.147 e. The van der Waals surface area contributed by atoms with Crippen LogP contribution in [0.15, 0.2) is 54.9 Å². The molecule has 0 saturated heterocycles. The molecule has 1 unspecified atom stereocenters. The van der Waals surface area contributed by atoms with Gasteiger partial charge in [-0.15, -0.1) is 0 Å². The Morgan fingerprint density at radius 1 is 1.00 bits per heavy atom. The summed E-state index contributed by atoms with van der Waals surface area (Å²) in [5, 5.41) is 11.2. The molecule has 0 fully saturated rings. The SMILES string of the molecule is OC(c1ccc2cccnc2c1)c1ncccc1F. The van der Waals surface area contributed by atoms with Gasteiger partial charge in [0.2, 0.25) is 0 Å². The van der Waals surface area contributed by atoms with Crippen molar-refractivity contribution in [3.8, 4) is 0 Å². The number of fused-ring (bicyclic) bond motifs is 1. The van der Waals surface area contributed by atoms with Crippen molar-refractivity contribution in [2.45, 2.75) is 6.10 Å². The van der Waals surface area contributed by atoms with Gasteiger partial charge in [-0.2, -0.15) is 0 Å². The Morgan fingerprint density at radius 2 is 1.79 bits per heavy atom. The van der Waals surface area contributed by atoms with Gasteiger partial charge in [-0.3, -0.25) is 9.97 Å². The van der Waals surface area contributed by atoms with Crippen molar-refractivity contribution in [1.82, 2.24) is 9.97 Å². The Bertz CT molecular complexity index is 730. The van der Waals surface area contributed by atoms with Gasteiger partial charge in [0.05, 0.1) is 5.52 Å². The molecule has 2 aromatic heterocycles. The summed E-state index contributed by atoms with van der Waals surface area (Å²) in [7, 11) is 0. The zero-order valence-corrected chi connectivity index (χ0v) is 9.99. The first-order valence-corrected chi connectivity index (χ1v) is 5.89. The van der Waals surface area contributed by atoms with E-state index in [1.54, 1.807) is 18.3 Å². The van der Waals surface area contributed by atoms with Crippen LogP contribution in [0.25, 0.3) is 10.9 Å². The van der Waals surface area contributed by atoms with Crippen LogP contribution in [-0.4, -0.2) is 15.1 Å². The van der Waals surface area contributed by atoms with Crippen molar-refractivity contribution in [3.63, 3.8) is 0 Å². The topological polar surface area (TPSA) is 46.0 Å². The highest BCUT2D eigenvalue weighted by Gasteiger charge is 2.16. The third kappa shape index (κ3) is 2.18. The summed E-state index contributed by atoms with van der Waals surface area (Å²) in [6.07, 6.45) is 2.05. The molecule has 1 N–H and O–H groups in total. The van der Waals surface area contributed by atoms with E-state index in [-0.39, 0.29) is 5.69 Å². The average molecular weight is 254 g/mol. The largest absolute Gasteiger partial charge is 0.382 e. The first-order valence-electron chi connectivity index (χ1n) is 5.89. The normalized spacial score (nSPS) is 12.5. The zero-order chi connectivity index (χ0) is 13.2. The molecule has 0 radical (unpaired) electrons. The predicted molar refractivity (Wildman–Crippen MR) is 70.0 cm³/mol. The maximum absolute atomic E-state index is 13.6. The van der Waals surface area contributed by atoms with Crippen LogP contribution in [0.1, 0.15) is 17.4 Å². The molecule has 1 atom stereocenters. The summed E-state index contributed by atoms with van der Waals surface area (Å²) < 4.78 is 13.6. The maximum atomic E-state index is 13.6. The fourth-order valence-electron chi connectivity index (χ4n) is 2.01. The van der Waals surface area contributed by atoms with Crippen molar-refractivity contribution < 1.29 is 9.50 Å². The van der Waals surface area contributed by atoms with Crippen LogP contribution in [0.2, 0.25) is 0 Å². The quantitative estimate of drug-likeness (QED) is 0.764. The lowest BCUT2D eigenvalue weighted by molar-refractivity contribution is 0.209. The number of halogens is 1. The van der Waals surface area contributed by atoms with Gasteiger partial charge in [0.25, 0.3) is 0 Å². The second-order valence-corrected chi connectivity index (χ2v) is 4.23. The number of aromatic nitrogens is 2. The Morgan fingerprint density at radius 3 is 2.63 bits per heavy atom. The summed E-state index contributed by atoms with van der Waals surface area (Å²) in [5.74, 6) is -0.517. The van der Waals surface area contributed by atoms with E-state index in [9.17, 15) is 9.50 Å². The fourth-order valence-corrected chi connectivity index (χ4v) is 2.01. The van der Waals surface area contributed by atoms with Gasteiger partial charge in [-0.05, 0) is 29.8 Å². The highest BCUT2D eigenvalue weighted by atomic mass is 19.1. The minimum absolute atomic E-state index is 0.0257. The van der Waals surface area contributed by atoms with E-state index in [1.165, 1.54) is 18.3 Å². The summed E-state index contributed by atoms with van der Waals surface area (Å²) in [5.41, 5.74) is 1.36. The Labute approximate surface area is 109 Å². The van der Waals surface area contributed by atoms with E-state index < -0.39 is 11.9 Å². The Kier molecular flexibility index (Phi) is 2.93. The van der Waals surface area contributed by atoms with Crippen molar-refractivity contribution in [2.75, 3.05) is 0 Å². The Balaban J connectivity index is 2.07. The first-order chi connectivity index (χ1) is 9.25. The van der Waals surface area contributed by atoms with Crippen molar-refractivity contribution in [2.24, 2.45) is 0 Å². The molecule has 0 spiro atoms. The van der Waals surface area contributed by atoms with Crippen LogP contribution < -0.4 is 0 Å². The van der Waals surface area contributed by atoms with Crippen molar-refractivity contribution >= 4 is 10.9 Å². The van der Waals surface area contributed by atoms with Crippen molar-refractivity contribution in [1.29, 1.82) is 0 Å². The van der Waals surface area contributed by atoms with Gasteiger partial charge < -0.3 is 5.11 Å². The second-order valence-electron chi connectivity index (χ2n) is 4.23. The highest BCUT2D eigenvalue weighted by molar-refractivity contribution is 5.79. The molecule has 0 saturated carbocycles. The van der Waals surface area contributed by atoms with E-state index in [0.29, 0.717) is 5.56 Å². The number of pyridine rings is 2. The molecule has 1 aromatic carbocycles. The molecule has 0 amide bonds. The van der Waals surface area contributed by atoms with E-state index in [4.69, 9.17) is 0 Å². The smallest absolute Gasteiger partial charge is 0.147 e. The molecule has 0 aliphatic rings. The molecule has 3 aromatic rings. The lowest BCUT2D eigenvalue weighted by atomic mass is 10.0. The van der Waals surface area contributed by atoms with Crippen LogP contribution in [0.3, 0.4) is 0 Å². The molecular weight excluding hydrogens is 243 g/mol. The van der Waals surface area contributed by atoms with Gasteiger partial charge in [0, 0.05) is 17.8 Å². The molecule has 0 aliphatic heterocycles. The third-order valence-corrected chi connectivity index (χ3v) is 2.99. The van der Waals surface area contributed by atoms with Gasteiger partial charge in [-0.25, -0.2) is 4.39 Å². The Hall–Kier alpha value is -2.33. The standard InChI is InChI=1S/C15H11FN2O/c16-12-4-2-8-18-14(12)15(19)11-6-5-10-3-1-7-17-13(10)9-11/h1-9,15,19H. The minimum Gasteiger partial charge on any atom is -0.382 e. The number of nitrogens with zero attached hydrogens (tertiary/aromatic N) is 2. The van der Waals surface area contributed by atoms with Crippen LogP contribution in [-0.2, 0) is 0 Å². The number of aliphatic hydroxyl groups is 1. The third-order valence-electron chi connectivity index (χ3n) is 2.99. The molecule has 3 nitrogen and oxygen atoms in total. The fraction of sp³-hybridized carbons (Fsp3) is 0.0667. The summed E-state index contributed by atoms with van der Waals surface area (Å²) >= 11 is 0. The molecule has 2 heterocycles. The van der Waals surface area contributed by atoms with Crippen LogP contribution >= 0.6 is 0 Å². The molecule has 3 rings (SSSR count). The van der Waals surface area contributed by atoms with E-state index in [1.807, 2.05) is 18.2 Å². The number of benzene rings is 1. The zero-order valence-electron chi connectivity index (χ0n) is 9.99. The molecule has 94 valence electrons. The van der Waals surface area contributed by atoms with Gasteiger partial charge in [-0.1, -0.05) is 18.2 Å². The molecule has 19 heavy (non-hydrogen) atoms. The first kappa shape index (κ1) is 11.7. The van der Waals surface area contributed by atoms with Gasteiger partial charge in [0.1, 0.15) is 17.6 Å². The van der Waals surface area contributed by atoms with Crippen LogP contribution in [0, 0.1) is 5.82 Å². The second kappa shape index (κ2) is 4.74. The van der Waals surface area contributed by atoms with Crippen molar-refractivity contribution in [3.05, 3.63) is 71.9 Å². The number of hydrogen-bond acceptors (Lipinski definition) is 3. The summed E-state index contributed by atoms with van der Waals surface area (Å²) in [4.78, 5) is 8.10. The predicted octanol–water partition coefficient (Wildman–Crippen LogP) is 2.85. The number of aliphatic hydroxyl groups excluding tert-OH is 1. The molecule has 0 bridgehead atoms. The highest BCUT2D eigenvalue weighted by Crippen LogP contribution is 2.24. The summed E-state index contributed by atoms with van der Waals surface area (Å²) in [6.45, 7) is 0. The average Bonchev–Trinajstić information content (AvgIpc) is 2.46. The van der Waals surface area contributed by atoms with Crippen LogP contribution in [0.4, 0.5) is 4.39 Å². The van der Waals surface area contributed by atoms with E-state index in [0.717, 1.165) is 10.9 Å². The van der Waals surface area contributed by atoms with E-state index in [2.05, 4.69) is 9.97 Å². The monoisotopic (exact) mass is 254 g/mol. The molecule has 0 aliphatic carbocycles. The van der Waals surface area contributed by atoms with Crippen LogP contribution in [0.5, 0.6) is 0 Å². The number of rotatable bonds is 2. The molecule has 4 heteroatoms.